The summed E-state index contributed by atoms with van der Waals surface area (Å²) in [5.41, 5.74) is 1.20. The monoisotopic (exact) mass is 223 g/mol. The molecule has 4 heteroatoms. The molecule has 0 saturated heterocycles. The summed E-state index contributed by atoms with van der Waals surface area (Å²) in [6.45, 7) is 6.74. The maximum absolute atomic E-state index is 5.15. The fourth-order valence-corrected chi connectivity index (χ4v) is 1.23. The first-order chi connectivity index (χ1) is 7.76. The van der Waals surface area contributed by atoms with Crippen LogP contribution in [0.15, 0.2) is 18.3 Å². The lowest BCUT2D eigenvalue weighted by molar-refractivity contribution is 0.128. The molecule has 90 valence electrons. The molecule has 0 fully saturated rings. The largest absolute Gasteiger partial charge is 0.380 e. The highest BCUT2D eigenvalue weighted by Gasteiger charge is 1.99. The number of anilines is 1. The molecule has 1 aromatic heterocycles. The van der Waals surface area contributed by atoms with Gasteiger partial charge < -0.3 is 15.4 Å². The Morgan fingerprint density at radius 2 is 2.25 bits per heavy atom. The summed E-state index contributed by atoms with van der Waals surface area (Å²) in [7, 11) is 1.71. The molecule has 0 aliphatic carbocycles. The van der Waals surface area contributed by atoms with E-state index < -0.39 is 0 Å². The van der Waals surface area contributed by atoms with Gasteiger partial charge in [-0.05, 0) is 25.1 Å². The van der Waals surface area contributed by atoms with Crippen molar-refractivity contribution in [2.24, 2.45) is 0 Å². The van der Waals surface area contributed by atoms with Crippen molar-refractivity contribution >= 4 is 5.82 Å². The van der Waals surface area contributed by atoms with Crippen LogP contribution in [0.5, 0.6) is 0 Å². The van der Waals surface area contributed by atoms with E-state index in [1.54, 1.807) is 7.11 Å². The SMILES string of the molecule is CCNCc1ccc(NCC(C)OC)nc1. The van der Waals surface area contributed by atoms with E-state index in [4.69, 9.17) is 4.74 Å². The fraction of sp³-hybridized carbons (Fsp3) is 0.583. The lowest BCUT2D eigenvalue weighted by Gasteiger charge is -2.11. The minimum atomic E-state index is 0.197. The van der Waals surface area contributed by atoms with Crippen molar-refractivity contribution in [2.75, 3.05) is 25.5 Å². The average molecular weight is 223 g/mol. The number of nitrogens with one attached hydrogen (secondary N) is 2. The number of hydrogen-bond acceptors (Lipinski definition) is 4. The molecule has 1 aromatic rings. The van der Waals surface area contributed by atoms with E-state index in [0.29, 0.717) is 0 Å². The van der Waals surface area contributed by atoms with Crippen molar-refractivity contribution in [3.8, 4) is 0 Å². The van der Waals surface area contributed by atoms with Crippen molar-refractivity contribution in [2.45, 2.75) is 26.5 Å². The zero-order valence-corrected chi connectivity index (χ0v) is 10.3. The highest BCUT2D eigenvalue weighted by atomic mass is 16.5. The van der Waals surface area contributed by atoms with Gasteiger partial charge in [0.1, 0.15) is 5.82 Å². The summed E-state index contributed by atoms with van der Waals surface area (Å²) in [5, 5.41) is 6.49. The third kappa shape index (κ3) is 4.59. The number of ether oxygens (including phenoxy) is 1. The molecular formula is C12H21N3O. The number of rotatable bonds is 7. The first kappa shape index (κ1) is 12.9. The molecule has 2 N–H and O–H groups in total. The van der Waals surface area contributed by atoms with Crippen LogP contribution in [-0.2, 0) is 11.3 Å². The van der Waals surface area contributed by atoms with Gasteiger partial charge in [0, 0.05) is 26.4 Å². The Bertz CT molecular complexity index is 287. The van der Waals surface area contributed by atoms with Gasteiger partial charge in [-0.1, -0.05) is 13.0 Å². The second-order valence-corrected chi connectivity index (χ2v) is 3.76. The second-order valence-electron chi connectivity index (χ2n) is 3.76. The topological polar surface area (TPSA) is 46.2 Å². The Balaban J connectivity index is 2.38. The van der Waals surface area contributed by atoms with Crippen LogP contribution in [-0.4, -0.2) is 31.3 Å². The molecule has 0 aliphatic rings. The van der Waals surface area contributed by atoms with E-state index in [2.05, 4.69) is 28.6 Å². The third-order valence-corrected chi connectivity index (χ3v) is 2.38. The van der Waals surface area contributed by atoms with E-state index in [1.165, 1.54) is 5.56 Å². The highest BCUT2D eigenvalue weighted by Crippen LogP contribution is 2.05. The van der Waals surface area contributed by atoms with Crippen LogP contribution in [0.1, 0.15) is 19.4 Å². The Morgan fingerprint density at radius 1 is 1.44 bits per heavy atom. The smallest absolute Gasteiger partial charge is 0.125 e. The Labute approximate surface area is 97.4 Å². The van der Waals surface area contributed by atoms with E-state index >= 15 is 0 Å². The summed E-state index contributed by atoms with van der Waals surface area (Å²) in [6.07, 6.45) is 2.09. The summed E-state index contributed by atoms with van der Waals surface area (Å²) >= 11 is 0. The van der Waals surface area contributed by atoms with Gasteiger partial charge in [-0.3, -0.25) is 0 Å². The van der Waals surface area contributed by atoms with Crippen LogP contribution in [0.3, 0.4) is 0 Å². The van der Waals surface area contributed by atoms with Crippen LogP contribution in [0.25, 0.3) is 0 Å². The quantitative estimate of drug-likeness (QED) is 0.737. The molecule has 0 aromatic carbocycles. The molecule has 0 saturated carbocycles. The Kier molecular flexibility index (Phi) is 5.82. The zero-order chi connectivity index (χ0) is 11.8. The normalized spacial score (nSPS) is 12.4. The summed E-state index contributed by atoms with van der Waals surface area (Å²) in [6, 6.07) is 4.07. The maximum Gasteiger partial charge on any atom is 0.125 e. The zero-order valence-electron chi connectivity index (χ0n) is 10.3. The second kappa shape index (κ2) is 7.19. The van der Waals surface area contributed by atoms with Gasteiger partial charge in [-0.25, -0.2) is 4.98 Å². The third-order valence-electron chi connectivity index (χ3n) is 2.38. The van der Waals surface area contributed by atoms with E-state index in [0.717, 1.165) is 25.5 Å². The lowest BCUT2D eigenvalue weighted by atomic mass is 10.3. The van der Waals surface area contributed by atoms with Crippen LogP contribution < -0.4 is 10.6 Å². The van der Waals surface area contributed by atoms with Gasteiger partial charge >= 0.3 is 0 Å². The predicted molar refractivity (Wildman–Crippen MR) is 66.6 cm³/mol. The number of aromatic nitrogens is 1. The van der Waals surface area contributed by atoms with Gasteiger partial charge in [-0.15, -0.1) is 0 Å². The highest BCUT2D eigenvalue weighted by molar-refractivity contribution is 5.35. The van der Waals surface area contributed by atoms with Crippen molar-refractivity contribution in [3.05, 3.63) is 23.9 Å². The maximum atomic E-state index is 5.15. The molecule has 0 aliphatic heterocycles. The van der Waals surface area contributed by atoms with Crippen LogP contribution in [0.4, 0.5) is 5.82 Å². The molecule has 1 atom stereocenters. The van der Waals surface area contributed by atoms with Crippen molar-refractivity contribution in [1.82, 2.24) is 10.3 Å². The fourth-order valence-electron chi connectivity index (χ4n) is 1.23. The average Bonchev–Trinajstić information content (AvgIpc) is 2.34. The van der Waals surface area contributed by atoms with Crippen molar-refractivity contribution < 1.29 is 4.74 Å². The summed E-state index contributed by atoms with van der Waals surface area (Å²) in [5.74, 6) is 0.893. The first-order valence-electron chi connectivity index (χ1n) is 5.68. The molecule has 0 bridgehead atoms. The number of hydrogen-bond donors (Lipinski definition) is 2. The molecule has 0 spiro atoms. The standard InChI is InChI=1S/C12H21N3O/c1-4-13-8-11-5-6-12(15-9-11)14-7-10(2)16-3/h5-6,9-10,13H,4,7-8H2,1-3H3,(H,14,15). The summed E-state index contributed by atoms with van der Waals surface area (Å²) < 4.78 is 5.15. The van der Waals surface area contributed by atoms with Gasteiger partial charge in [0.2, 0.25) is 0 Å². The van der Waals surface area contributed by atoms with E-state index in [1.807, 2.05) is 19.2 Å². The van der Waals surface area contributed by atoms with E-state index in [9.17, 15) is 0 Å². The lowest BCUT2D eigenvalue weighted by Crippen LogP contribution is -2.18. The molecule has 1 rings (SSSR count). The van der Waals surface area contributed by atoms with Crippen molar-refractivity contribution in [3.63, 3.8) is 0 Å². The molecule has 0 radical (unpaired) electrons. The van der Waals surface area contributed by atoms with Gasteiger partial charge in [0.25, 0.3) is 0 Å². The number of methoxy groups -OCH3 is 1. The van der Waals surface area contributed by atoms with Crippen LogP contribution in [0, 0.1) is 0 Å². The van der Waals surface area contributed by atoms with Gasteiger partial charge in [0.05, 0.1) is 6.10 Å². The van der Waals surface area contributed by atoms with E-state index in [-0.39, 0.29) is 6.10 Å². The minimum absolute atomic E-state index is 0.197. The predicted octanol–water partition coefficient (Wildman–Crippen LogP) is 1.64. The molecule has 4 nitrogen and oxygen atoms in total. The molecular weight excluding hydrogens is 202 g/mol. The summed E-state index contributed by atoms with van der Waals surface area (Å²) in [4.78, 5) is 4.33. The van der Waals surface area contributed by atoms with Gasteiger partial charge in [0.15, 0.2) is 0 Å². The molecule has 1 unspecified atom stereocenters. The molecule has 16 heavy (non-hydrogen) atoms. The number of pyridine rings is 1. The Morgan fingerprint density at radius 3 is 2.81 bits per heavy atom. The van der Waals surface area contributed by atoms with Crippen LogP contribution >= 0.6 is 0 Å². The molecule has 0 amide bonds. The number of nitrogens with zero attached hydrogens (tertiary/aromatic N) is 1. The Hall–Kier alpha value is -1.13. The van der Waals surface area contributed by atoms with Gasteiger partial charge in [-0.2, -0.15) is 0 Å². The van der Waals surface area contributed by atoms with Crippen LogP contribution in [0.2, 0.25) is 0 Å². The first-order valence-corrected chi connectivity index (χ1v) is 5.68. The van der Waals surface area contributed by atoms with Crippen molar-refractivity contribution in [1.29, 1.82) is 0 Å². The molecule has 1 heterocycles. The minimum Gasteiger partial charge on any atom is -0.380 e.